The lowest BCUT2D eigenvalue weighted by atomic mass is 10.1. The lowest BCUT2D eigenvalue weighted by molar-refractivity contribution is 0.594. The fourth-order valence-electron chi connectivity index (χ4n) is 1.48. The minimum absolute atomic E-state index is 0.770. The van der Waals surface area contributed by atoms with E-state index in [-0.39, 0.29) is 0 Å². The fourth-order valence-corrected chi connectivity index (χ4v) is 1.48. The summed E-state index contributed by atoms with van der Waals surface area (Å²) in [6.07, 6.45) is 25.4. The maximum Gasteiger partial charge on any atom is -0.0313 e. The van der Waals surface area contributed by atoms with Gasteiger partial charge in [-0.3, -0.25) is 0 Å². The van der Waals surface area contributed by atoms with Crippen LogP contribution in [0, 0.1) is 11.8 Å². The Kier molecular flexibility index (Phi) is 30.3. The molecule has 0 aliphatic heterocycles. The van der Waals surface area contributed by atoms with Gasteiger partial charge in [0.25, 0.3) is 0 Å². The highest BCUT2D eigenvalue weighted by Gasteiger charge is 1.88. The Bertz CT molecular complexity index is 375. The Hall–Kier alpha value is -1.82. The summed E-state index contributed by atoms with van der Waals surface area (Å²) in [5.74, 6) is 1.59. The van der Waals surface area contributed by atoms with Gasteiger partial charge in [-0.25, -0.2) is 0 Å². The second-order valence-electron chi connectivity index (χ2n) is 6.46. The average Bonchev–Trinajstić information content (AvgIpc) is 2.57. The van der Waals surface area contributed by atoms with Crippen molar-refractivity contribution in [2.45, 2.75) is 59.8 Å². The molecular weight excluding hydrogens is 300 g/mol. The molecule has 0 aliphatic rings. The van der Waals surface area contributed by atoms with E-state index in [1.54, 1.807) is 6.08 Å². The largest absolute Gasteiger partial charge is 0.103 e. The van der Waals surface area contributed by atoms with E-state index in [2.05, 4.69) is 72.2 Å². The monoisotopic (exact) mass is 342 g/mol. The van der Waals surface area contributed by atoms with Crippen LogP contribution in [0.15, 0.2) is 87.1 Å². The maximum atomic E-state index is 3.60. The summed E-state index contributed by atoms with van der Waals surface area (Å²) < 4.78 is 0. The van der Waals surface area contributed by atoms with Gasteiger partial charge in [0.2, 0.25) is 0 Å². The van der Waals surface area contributed by atoms with Crippen molar-refractivity contribution in [2.75, 3.05) is 0 Å². The molecule has 25 heavy (non-hydrogen) atoms. The molecule has 0 rings (SSSR count). The molecule has 0 aromatic rings. The molecule has 0 fully saturated rings. The van der Waals surface area contributed by atoms with Crippen molar-refractivity contribution in [3.05, 3.63) is 87.1 Å². The third-order valence-electron chi connectivity index (χ3n) is 2.87. The fraction of sp³-hybridized carbons (Fsp3) is 0.440. The summed E-state index contributed by atoms with van der Waals surface area (Å²) in [7, 11) is 0. The molecule has 142 valence electrons. The number of unbranched alkanes of at least 4 members (excludes halogenated alkanes) is 1. The van der Waals surface area contributed by atoms with Gasteiger partial charge in [0.05, 0.1) is 0 Å². The summed E-state index contributed by atoms with van der Waals surface area (Å²) in [4.78, 5) is 0. The van der Waals surface area contributed by atoms with Crippen LogP contribution in [0.5, 0.6) is 0 Å². The Morgan fingerprint density at radius 2 is 1.08 bits per heavy atom. The molecule has 0 heteroatoms. The summed E-state index contributed by atoms with van der Waals surface area (Å²) >= 11 is 0. The highest BCUT2D eigenvalue weighted by Crippen LogP contribution is 2.03. The van der Waals surface area contributed by atoms with Gasteiger partial charge in [0.15, 0.2) is 0 Å². The van der Waals surface area contributed by atoms with Crippen molar-refractivity contribution in [1.82, 2.24) is 0 Å². The first-order valence-electron chi connectivity index (χ1n) is 9.39. The summed E-state index contributed by atoms with van der Waals surface area (Å²) in [5.41, 5.74) is 0. The molecule has 0 aliphatic carbocycles. The maximum absolute atomic E-state index is 3.60. The van der Waals surface area contributed by atoms with Crippen LogP contribution in [-0.2, 0) is 0 Å². The molecule has 0 aromatic carbocycles. The lowest BCUT2D eigenvalue weighted by Crippen LogP contribution is -1.83. The van der Waals surface area contributed by atoms with Crippen molar-refractivity contribution < 1.29 is 0 Å². The zero-order valence-electron chi connectivity index (χ0n) is 17.3. The van der Waals surface area contributed by atoms with Crippen LogP contribution in [0.4, 0.5) is 0 Å². The Labute approximate surface area is 159 Å². The first-order valence-corrected chi connectivity index (χ1v) is 9.39. The van der Waals surface area contributed by atoms with Crippen molar-refractivity contribution in [1.29, 1.82) is 0 Å². The molecule has 0 saturated heterocycles. The quantitative estimate of drug-likeness (QED) is 0.200. The smallest absolute Gasteiger partial charge is 0.0313 e. The molecule has 0 unspecified atom stereocenters. The lowest BCUT2D eigenvalue weighted by Gasteiger charge is -1.97. The van der Waals surface area contributed by atoms with Gasteiger partial charge in [-0.1, -0.05) is 108 Å². The SMILES string of the molecule is C=C/C=C/CC(C)C.C=C/C=C/CCC(C)C.C=C/C=C/CCC=C. The molecule has 0 spiro atoms. The van der Waals surface area contributed by atoms with E-state index in [1.807, 2.05) is 36.5 Å². The standard InChI is InChI=1S/C9H16.C8H14.C8H12/c1-4-5-6-7-8-9(2)3;1-4-5-6-7-8(2)3;1-3-5-7-8-6-4-2/h4-6,9H,1,7-8H2,2-3H3;4-6,8H,1,7H2,2-3H3;3-5,7H,1-2,6,8H2/b2*6-5+;7-5+. The van der Waals surface area contributed by atoms with E-state index >= 15 is 0 Å². The second kappa shape index (κ2) is 27.0. The van der Waals surface area contributed by atoms with Crippen molar-refractivity contribution in [3.63, 3.8) is 0 Å². The Morgan fingerprint density at radius 1 is 0.600 bits per heavy atom. The molecular formula is C25H42. The number of hydrogen-bond donors (Lipinski definition) is 0. The van der Waals surface area contributed by atoms with E-state index in [1.165, 1.54) is 12.8 Å². The van der Waals surface area contributed by atoms with Crippen LogP contribution in [0.2, 0.25) is 0 Å². The summed E-state index contributed by atoms with van der Waals surface area (Å²) in [5, 5.41) is 0. The van der Waals surface area contributed by atoms with Crippen LogP contribution in [0.1, 0.15) is 59.8 Å². The van der Waals surface area contributed by atoms with Gasteiger partial charge in [0, 0.05) is 0 Å². The molecule has 0 nitrogen and oxygen atoms in total. The highest BCUT2D eigenvalue weighted by atomic mass is 13.9. The van der Waals surface area contributed by atoms with E-state index in [4.69, 9.17) is 0 Å². The van der Waals surface area contributed by atoms with Gasteiger partial charge in [0.1, 0.15) is 0 Å². The second-order valence-corrected chi connectivity index (χ2v) is 6.46. The van der Waals surface area contributed by atoms with Crippen LogP contribution >= 0.6 is 0 Å². The first-order chi connectivity index (χ1) is 12.0. The molecule has 0 aromatic heterocycles. The highest BCUT2D eigenvalue weighted by molar-refractivity contribution is 4.98. The summed E-state index contributed by atoms with van der Waals surface area (Å²) in [6, 6.07) is 0. The molecule has 0 N–H and O–H groups in total. The van der Waals surface area contributed by atoms with Crippen molar-refractivity contribution in [3.8, 4) is 0 Å². The van der Waals surface area contributed by atoms with Crippen LogP contribution in [0.25, 0.3) is 0 Å². The molecule has 0 heterocycles. The van der Waals surface area contributed by atoms with Crippen LogP contribution < -0.4 is 0 Å². The number of hydrogen-bond acceptors (Lipinski definition) is 0. The van der Waals surface area contributed by atoms with Gasteiger partial charge in [-0.2, -0.15) is 0 Å². The minimum atomic E-state index is 0.770. The zero-order chi connectivity index (χ0) is 19.8. The average molecular weight is 343 g/mol. The van der Waals surface area contributed by atoms with E-state index in [0.717, 1.165) is 31.1 Å². The third-order valence-corrected chi connectivity index (χ3v) is 2.87. The van der Waals surface area contributed by atoms with Gasteiger partial charge >= 0.3 is 0 Å². The van der Waals surface area contributed by atoms with Crippen molar-refractivity contribution in [2.24, 2.45) is 11.8 Å². The van der Waals surface area contributed by atoms with Gasteiger partial charge < -0.3 is 0 Å². The van der Waals surface area contributed by atoms with Crippen LogP contribution in [0.3, 0.4) is 0 Å². The van der Waals surface area contributed by atoms with Crippen LogP contribution in [-0.4, -0.2) is 0 Å². The van der Waals surface area contributed by atoms with Gasteiger partial charge in [-0.05, 0) is 43.9 Å². The minimum Gasteiger partial charge on any atom is -0.103 e. The molecule has 0 saturated carbocycles. The predicted octanol–water partition coefficient (Wildman–Crippen LogP) is 8.63. The third kappa shape index (κ3) is 44.9. The molecule has 0 radical (unpaired) electrons. The molecule has 0 atom stereocenters. The predicted molar refractivity (Wildman–Crippen MR) is 121 cm³/mol. The number of allylic oxidation sites excluding steroid dienone is 10. The number of rotatable bonds is 11. The molecule has 0 bridgehead atoms. The first kappa shape index (κ1) is 28.0. The Morgan fingerprint density at radius 3 is 1.48 bits per heavy atom. The zero-order valence-corrected chi connectivity index (χ0v) is 17.3. The Balaban J connectivity index is -0.000000291. The van der Waals surface area contributed by atoms with E-state index in [9.17, 15) is 0 Å². The topological polar surface area (TPSA) is 0 Å². The normalized spacial score (nSPS) is 10.5. The van der Waals surface area contributed by atoms with Gasteiger partial charge in [-0.15, -0.1) is 6.58 Å². The van der Waals surface area contributed by atoms with E-state index in [0.29, 0.717) is 0 Å². The summed E-state index contributed by atoms with van der Waals surface area (Å²) in [6.45, 7) is 23.2. The molecule has 0 amide bonds. The van der Waals surface area contributed by atoms with E-state index < -0.39 is 0 Å². The van der Waals surface area contributed by atoms with Crippen molar-refractivity contribution >= 4 is 0 Å².